The summed E-state index contributed by atoms with van der Waals surface area (Å²) in [4.78, 5) is 0. The Bertz CT molecular complexity index is 1520. The zero-order chi connectivity index (χ0) is 43.3. The molecule has 61 heavy (non-hydrogen) atoms. The first kappa shape index (κ1) is 45.5. The third-order valence-corrected chi connectivity index (χ3v) is 17.9. The Hall–Kier alpha value is -0.680. The smallest absolute Gasteiger partial charge is 0.187 e. The number of aliphatic hydroxyl groups is 9. The molecule has 0 radical (unpaired) electrons. The first-order valence-electron chi connectivity index (χ1n) is 23.2. The minimum atomic E-state index is -1.82. The van der Waals surface area contributed by atoms with E-state index in [1.54, 1.807) is 0 Å². The summed E-state index contributed by atoms with van der Waals surface area (Å²) in [6.45, 7) is 8.68. The lowest BCUT2D eigenvalue weighted by Crippen LogP contribution is -2.67. The van der Waals surface area contributed by atoms with Crippen molar-refractivity contribution in [2.24, 2.45) is 52.3 Å². The maximum absolute atomic E-state index is 11.5. The molecule has 9 aliphatic rings. The fourth-order valence-corrected chi connectivity index (χ4v) is 14.4. The maximum Gasteiger partial charge on any atom is 0.187 e. The highest BCUT2D eigenvalue weighted by molar-refractivity contribution is 5.15. The van der Waals surface area contributed by atoms with Gasteiger partial charge in [0.1, 0.15) is 67.1 Å². The van der Waals surface area contributed by atoms with Crippen molar-refractivity contribution >= 4 is 0 Å². The summed E-state index contributed by atoms with van der Waals surface area (Å²) >= 11 is 0. The Labute approximate surface area is 357 Å². The quantitative estimate of drug-likeness (QED) is 0.145. The summed E-state index contributed by atoms with van der Waals surface area (Å²) in [5.74, 6) is 3.12. The molecule has 0 bridgehead atoms. The number of rotatable bonds is 8. The Kier molecular flexibility index (Phi) is 12.8. The second-order valence-electron chi connectivity index (χ2n) is 21.1. The van der Waals surface area contributed by atoms with Crippen molar-refractivity contribution in [3.8, 4) is 0 Å². The molecule has 9 fully saturated rings. The van der Waals surface area contributed by atoms with Crippen molar-refractivity contribution in [2.45, 2.75) is 196 Å². The fourth-order valence-electron chi connectivity index (χ4n) is 14.4. The van der Waals surface area contributed by atoms with E-state index in [-0.39, 0.29) is 23.0 Å². The summed E-state index contributed by atoms with van der Waals surface area (Å²) in [5.41, 5.74) is 0.301. The monoisotopic (exact) mass is 872 g/mol. The molecule has 0 aromatic rings. The first-order valence-corrected chi connectivity index (χ1v) is 23.2. The average molecular weight is 873 g/mol. The minimum Gasteiger partial charge on any atom is -0.394 e. The van der Waals surface area contributed by atoms with Gasteiger partial charge in [-0.2, -0.15) is 0 Å². The van der Waals surface area contributed by atoms with Gasteiger partial charge in [0.25, 0.3) is 0 Å². The van der Waals surface area contributed by atoms with E-state index in [0.717, 1.165) is 51.6 Å². The number of ether oxygens (including phenoxy) is 8. The SMILES string of the molecule is C[C@H]1CC[C@@]2(OC1)O[C@H]1C[C@H]3[C@@H]4CC[C@@H]5C[C@@H](O[C@@H]6O[C@H](CO)[C@H](O)[C@H](O[C@@H]7OC[C@H](O)[C@H](O)[C@H]7O)[C@H]6O[C@@H]6O[C@H](CO)[C@@H](O)[C@H](O)[C@H]6O)CC[C@]5(C)[C@H]4CC[C@]3(C)[C@H]1[C@@H]2C. The Balaban J connectivity index is 0.917. The van der Waals surface area contributed by atoms with Gasteiger partial charge in [-0.15, -0.1) is 0 Å². The standard InChI is InChI=1S/C44H72O17/c1-19-7-12-44(55-17-19)20(2)30-27(61-44)14-25-23-6-5-21-13-22(8-10-42(21,3)24(23)9-11-43(25,30)4)56-41-38(60-40-36(53)34(51)32(49)28(15-45)57-40)37(33(50)29(16-46)58-41)59-39-35(52)31(48)26(47)18-54-39/h19-41,45-53H,5-18H2,1-4H3/t19-,20-,21+,22-,23+,24-,25-,26-,27-,28+,29+,30-,31-,32+,33-,34-,35+,36+,37-,38+,39-,40-,41+,42-,43-,44+/m0/s1. The third-order valence-electron chi connectivity index (χ3n) is 17.9. The fraction of sp³-hybridized carbons (Fsp3) is 1.00. The summed E-state index contributed by atoms with van der Waals surface area (Å²) in [7, 11) is 0. The van der Waals surface area contributed by atoms with Gasteiger partial charge in [0, 0.05) is 12.3 Å². The molecular formula is C44H72O17. The molecule has 0 aromatic carbocycles. The highest BCUT2D eigenvalue weighted by atomic mass is 16.8. The zero-order valence-corrected chi connectivity index (χ0v) is 36.0. The molecular weight excluding hydrogens is 800 g/mol. The normalized spacial score (nSPS) is 58.5. The molecule has 4 aliphatic carbocycles. The lowest BCUT2D eigenvalue weighted by molar-refractivity contribution is -0.392. The van der Waals surface area contributed by atoms with Crippen LogP contribution >= 0.6 is 0 Å². The molecule has 9 rings (SSSR count). The van der Waals surface area contributed by atoms with E-state index in [0.29, 0.717) is 47.8 Å². The van der Waals surface area contributed by atoms with E-state index >= 15 is 0 Å². The Morgan fingerprint density at radius 3 is 2.02 bits per heavy atom. The molecule has 0 amide bonds. The van der Waals surface area contributed by atoms with Gasteiger partial charge >= 0.3 is 0 Å². The van der Waals surface area contributed by atoms with Gasteiger partial charge in [-0.25, -0.2) is 0 Å². The van der Waals surface area contributed by atoms with Crippen LogP contribution in [0.1, 0.15) is 91.9 Å². The molecule has 1 spiro atoms. The van der Waals surface area contributed by atoms with Crippen molar-refractivity contribution in [1.82, 2.24) is 0 Å². The van der Waals surface area contributed by atoms with Gasteiger partial charge in [0.05, 0.1) is 38.6 Å². The van der Waals surface area contributed by atoms with Crippen LogP contribution in [0.3, 0.4) is 0 Å². The average Bonchev–Trinajstić information content (AvgIpc) is 3.69. The van der Waals surface area contributed by atoms with E-state index in [1.807, 2.05) is 0 Å². The van der Waals surface area contributed by atoms with Crippen LogP contribution in [-0.4, -0.2) is 176 Å². The molecule has 4 saturated carbocycles. The topological polar surface area (TPSA) is 256 Å². The van der Waals surface area contributed by atoms with Crippen LogP contribution in [0, 0.1) is 52.3 Å². The lowest BCUT2D eigenvalue weighted by atomic mass is 9.44. The molecule has 5 heterocycles. The largest absolute Gasteiger partial charge is 0.394 e. The highest BCUT2D eigenvalue weighted by Crippen LogP contribution is 2.71. The molecule has 5 saturated heterocycles. The molecule has 0 unspecified atom stereocenters. The van der Waals surface area contributed by atoms with E-state index in [9.17, 15) is 46.0 Å². The molecule has 5 aliphatic heterocycles. The number of hydrogen-bond acceptors (Lipinski definition) is 17. The summed E-state index contributed by atoms with van der Waals surface area (Å²) in [6, 6.07) is 0. The van der Waals surface area contributed by atoms with Gasteiger partial charge in [0.15, 0.2) is 24.7 Å². The van der Waals surface area contributed by atoms with Gasteiger partial charge < -0.3 is 83.9 Å². The minimum absolute atomic E-state index is 0.0904. The van der Waals surface area contributed by atoms with E-state index < -0.39 is 112 Å². The van der Waals surface area contributed by atoms with E-state index in [1.165, 1.54) is 12.8 Å². The number of aliphatic hydroxyl groups excluding tert-OH is 9. The first-order chi connectivity index (χ1) is 29.0. The van der Waals surface area contributed by atoms with E-state index in [2.05, 4.69) is 27.7 Å². The summed E-state index contributed by atoms with van der Waals surface area (Å²) in [5, 5.41) is 95.1. The number of fused-ring (bicyclic) bond motifs is 7. The molecule has 350 valence electrons. The summed E-state index contributed by atoms with van der Waals surface area (Å²) in [6.07, 6.45) is -11.8. The van der Waals surface area contributed by atoms with Crippen LogP contribution < -0.4 is 0 Å². The second kappa shape index (κ2) is 17.2. The second-order valence-corrected chi connectivity index (χ2v) is 21.1. The van der Waals surface area contributed by atoms with Crippen LogP contribution in [0.4, 0.5) is 0 Å². The van der Waals surface area contributed by atoms with Crippen LogP contribution in [0.15, 0.2) is 0 Å². The number of hydrogen-bond donors (Lipinski definition) is 9. The Morgan fingerprint density at radius 2 is 1.30 bits per heavy atom. The molecule has 17 heteroatoms. The van der Waals surface area contributed by atoms with Crippen LogP contribution in [0.5, 0.6) is 0 Å². The van der Waals surface area contributed by atoms with Crippen molar-refractivity contribution in [3.05, 3.63) is 0 Å². The highest BCUT2D eigenvalue weighted by Gasteiger charge is 2.69. The molecule has 26 atom stereocenters. The van der Waals surface area contributed by atoms with Crippen molar-refractivity contribution in [1.29, 1.82) is 0 Å². The van der Waals surface area contributed by atoms with Crippen molar-refractivity contribution in [2.75, 3.05) is 26.4 Å². The third kappa shape index (κ3) is 7.58. The van der Waals surface area contributed by atoms with Gasteiger partial charge in [-0.3, -0.25) is 0 Å². The van der Waals surface area contributed by atoms with Crippen molar-refractivity contribution in [3.63, 3.8) is 0 Å². The van der Waals surface area contributed by atoms with Crippen LogP contribution in [0.2, 0.25) is 0 Å². The summed E-state index contributed by atoms with van der Waals surface area (Å²) < 4.78 is 50.0. The Morgan fingerprint density at radius 1 is 0.607 bits per heavy atom. The van der Waals surface area contributed by atoms with Gasteiger partial charge in [-0.05, 0) is 104 Å². The predicted molar refractivity (Wildman–Crippen MR) is 210 cm³/mol. The van der Waals surface area contributed by atoms with Crippen molar-refractivity contribution < 1.29 is 83.9 Å². The van der Waals surface area contributed by atoms with Crippen LogP contribution in [-0.2, 0) is 37.9 Å². The molecule has 9 N–H and O–H groups in total. The van der Waals surface area contributed by atoms with E-state index in [4.69, 9.17) is 37.9 Å². The lowest BCUT2D eigenvalue weighted by Gasteiger charge is -2.61. The maximum atomic E-state index is 11.5. The van der Waals surface area contributed by atoms with Crippen LogP contribution in [0.25, 0.3) is 0 Å². The predicted octanol–water partition coefficient (Wildman–Crippen LogP) is -0.0945. The molecule has 0 aromatic heterocycles. The van der Waals surface area contributed by atoms with Gasteiger partial charge in [0.2, 0.25) is 0 Å². The molecule has 17 nitrogen and oxygen atoms in total. The van der Waals surface area contributed by atoms with Gasteiger partial charge in [-0.1, -0.05) is 27.7 Å². The zero-order valence-electron chi connectivity index (χ0n) is 36.0.